The van der Waals surface area contributed by atoms with Gasteiger partial charge in [-0.2, -0.15) is 0 Å². The molecule has 2 aromatic carbocycles. The van der Waals surface area contributed by atoms with E-state index >= 15 is 0 Å². The van der Waals surface area contributed by atoms with E-state index in [1.807, 2.05) is 42.5 Å². The smallest absolute Gasteiger partial charge is 0.244 e. The minimum Gasteiger partial charge on any atom is -0.493 e. The van der Waals surface area contributed by atoms with Crippen molar-refractivity contribution in [3.8, 4) is 17.2 Å². The molecule has 6 heteroatoms. The summed E-state index contributed by atoms with van der Waals surface area (Å²) in [4.78, 5) is 15.0. The summed E-state index contributed by atoms with van der Waals surface area (Å²) in [5.41, 5.74) is 2.50. The zero-order valence-electron chi connectivity index (χ0n) is 18.5. The van der Waals surface area contributed by atoms with E-state index in [2.05, 4.69) is 24.1 Å². The second-order valence-electron chi connectivity index (χ2n) is 6.66. The molecule has 0 fully saturated rings. The lowest BCUT2D eigenvalue weighted by Gasteiger charge is -2.18. The summed E-state index contributed by atoms with van der Waals surface area (Å²) in [6, 6.07) is 13.5. The van der Waals surface area contributed by atoms with Crippen LogP contribution in [0.25, 0.3) is 5.57 Å². The molecule has 0 aromatic heterocycles. The molecular formula is C24H32N2O4. The van der Waals surface area contributed by atoms with Crippen molar-refractivity contribution in [1.29, 1.82) is 0 Å². The number of carbonyl (C=O) groups is 1. The summed E-state index contributed by atoms with van der Waals surface area (Å²) < 4.78 is 16.4. The Labute approximate surface area is 179 Å². The molecule has 162 valence electrons. The highest BCUT2D eigenvalue weighted by Crippen LogP contribution is 2.41. The van der Waals surface area contributed by atoms with Crippen LogP contribution in [-0.2, 0) is 4.79 Å². The van der Waals surface area contributed by atoms with Crippen LogP contribution in [0.4, 0.5) is 0 Å². The summed E-state index contributed by atoms with van der Waals surface area (Å²) in [5.74, 6) is 1.45. The van der Waals surface area contributed by atoms with Crippen LogP contribution < -0.4 is 19.5 Å². The number of methoxy groups -OCH3 is 3. The number of nitrogens with zero attached hydrogens (tertiary/aromatic N) is 1. The zero-order chi connectivity index (χ0) is 21.9. The fourth-order valence-electron chi connectivity index (χ4n) is 3.25. The summed E-state index contributed by atoms with van der Waals surface area (Å²) >= 11 is 0. The number of hydrogen-bond donors (Lipinski definition) is 1. The first-order valence-electron chi connectivity index (χ1n) is 10.2. The van der Waals surface area contributed by atoms with Crippen molar-refractivity contribution in [3.05, 3.63) is 59.7 Å². The third kappa shape index (κ3) is 6.00. The summed E-state index contributed by atoms with van der Waals surface area (Å²) in [6.07, 6.45) is 1.62. The molecule has 2 aromatic rings. The minimum atomic E-state index is -0.144. The van der Waals surface area contributed by atoms with Crippen molar-refractivity contribution in [2.45, 2.75) is 13.8 Å². The van der Waals surface area contributed by atoms with Crippen LogP contribution in [0, 0.1) is 0 Å². The van der Waals surface area contributed by atoms with Gasteiger partial charge in [-0.3, -0.25) is 4.79 Å². The second kappa shape index (κ2) is 11.9. The third-order valence-corrected chi connectivity index (χ3v) is 4.96. The third-order valence-electron chi connectivity index (χ3n) is 4.96. The number of benzene rings is 2. The van der Waals surface area contributed by atoms with E-state index in [9.17, 15) is 4.79 Å². The highest BCUT2D eigenvalue weighted by atomic mass is 16.5. The lowest BCUT2D eigenvalue weighted by molar-refractivity contribution is -0.116. The molecule has 1 N–H and O–H groups in total. The highest BCUT2D eigenvalue weighted by Gasteiger charge is 2.17. The van der Waals surface area contributed by atoms with Gasteiger partial charge in [-0.25, -0.2) is 0 Å². The van der Waals surface area contributed by atoms with Gasteiger partial charge < -0.3 is 24.4 Å². The van der Waals surface area contributed by atoms with Gasteiger partial charge in [0.1, 0.15) is 0 Å². The predicted molar refractivity (Wildman–Crippen MR) is 120 cm³/mol. The van der Waals surface area contributed by atoms with Gasteiger partial charge in [0.15, 0.2) is 11.5 Å². The molecule has 0 saturated heterocycles. The average molecular weight is 413 g/mol. The zero-order valence-corrected chi connectivity index (χ0v) is 18.5. The molecule has 0 aliphatic heterocycles. The van der Waals surface area contributed by atoms with Gasteiger partial charge in [-0.05, 0) is 41.9 Å². The Bertz CT molecular complexity index is 821. The number of rotatable bonds is 11. The van der Waals surface area contributed by atoms with Crippen molar-refractivity contribution in [2.75, 3.05) is 47.5 Å². The van der Waals surface area contributed by atoms with Crippen LogP contribution in [0.1, 0.15) is 25.0 Å². The normalized spacial score (nSPS) is 11.3. The molecule has 0 saturated carbocycles. The van der Waals surface area contributed by atoms with Crippen molar-refractivity contribution < 1.29 is 19.0 Å². The standard InChI is InChI=1S/C24H32N2O4/c1-6-26(7-2)14-13-25-23(27)17-20(18-11-9-8-10-12-18)19-15-21(28-3)24(30-5)22(16-19)29-4/h8-12,15-17H,6-7,13-14H2,1-5H3,(H,25,27)/b20-17-. The van der Waals surface area contributed by atoms with Crippen molar-refractivity contribution in [1.82, 2.24) is 10.2 Å². The SMILES string of the molecule is CCN(CC)CCNC(=O)/C=C(/c1ccccc1)c1cc(OC)c(OC)c(OC)c1. The van der Waals surface area contributed by atoms with Gasteiger partial charge in [0.25, 0.3) is 0 Å². The molecule has 1 amide bonds. The quantitative estimate of drug-likeness (QED) is 0.572. The predicted octanol–water partition coefficient (Wildman–Crippen LogP) is 3.60. The maximum Gasteiger partial charge on any atom is 0.244 e. The van der Waals surface area contributed by atoms with Crippen LogP contribution in [-0.4, -0.2) is 58.3 Å². The van der Waals surface area contributed by atoms with Gasteiger partial charge in [-0.15, -0.1) is 0 Å². The van der Waals surface area contributed by atoms with Gasteiger partial charge in [0.05, 0.1) is 21.3 Å². The minimum absolute atomic E-state index is 0.144. The molecule has 0 radical (unpaired) electrons. The second-order valence-corrected chi connectivity index (χ2v) is 6.66. The number of amides is 1. The molecule has 6 nitrogen and oxygen atoms in total. The van der Waals surface area contributed by atoms with E-state index in [1.165, 1.54) is 0 Å². The largest absolute Gasteiger partial charge is 0.493 e. The summed E-state index contributed by atoms with van der Waals surface area (Å²) in [6.45, 7) is 7.56. The Morgan fingerprint density at radius 3 is 2.03 bits per heavy atom. The van der Waals surface area contributed by atoms with E-state index in [0.717, 1.165) is 36.3 Å². The fraction of sp³-hybridized carbons (Fsp3) is 0.375. The van der Waals surface area contributed by atoms with Gasteiger partial charge in [-0.1, -0.05) is 44.2 Å². The lowest BCUT2D eigenvalue weighted by atomic mass is 9.96. The van der Waals surface area contributed by atoms with Gasteiger partial charge in [0.2, 0.25) is 11.7 Å². The fourth-order valence-corrected chi connectivity index (χ4v) is 3.25. The van der Waals surface area contributed by atoms with Crippen LogP contribution in [0.3, 0.4) is 0 Å². The number of likely N-dealkylation sites (N-methyl/N-ethyl adjacent to an activating group) is 1. The molecule has 30 heavy (non-hydrogen) atoms. The molecule has 0 heterocycles. The Balaban J connectivity index is 2.40. The van der Waals surface area contributed by atoms with E-state index in [-0.39, 0.29) is 5.91 Å². The molecule has 0 aliphatic carbocycles. The number of hydrogen-bond acceptors (Lipinski definition) is 5. The summed E-state index contributed by atoms with van der Waals surface area (Å²) in [5, 5.41) is 2.99. The van der Waals surface area contributed by atoms with Crippen molar-refractivity contribution >= 4 is 11.5 Å². The molecule has 0 atom stereocenters. The first-order valence-corrected chi connectivity index (χ1v) is 10.2. The van der Waals surface area contributed by atoms with Crippen molar-refractivity contribution in [2.24, 2.45) is 0 Å². The van der Waals surface area contributed by atoms with E-state index in [4.69, 9.17) is 14.2 Å². The van der Waals surface area contributed by atoms with E-state index < -0.39 is 0 Å². The van der Waals surface area contributed by atoms with Crippen molar-refractivity contribution in [3.63, 3.8) is 0 Å². The van der Waals surface area contributed by atoms with Crippen LogP contribution in [0.2, 0.25) is 0 Å². The average Bonchev–Trinajstić information content (AvgIpc) is 2.79. The van der Waals surface area contributed by atoms with Crippen LogP contribution in [0.5, 0.6) is 17.2 Å². The monoisotopic (exact) mass is 412 g/mol. The molecule has 0 bridgehead atoms. The number of ether oxygens (including phenoxy) is 3. The maximum absolute atomic E-state index is 12.7. The lowest BCUT2D eigenvalue weighted by Crippen LogP contribution is -2.34. The summed E-state index contributed by atoms with van der Waals surface area (Å²) in [7, 11) is 4.72. The maximum atomic E-state index is 12.7. The van der Waals surface area contributed by atoms with Crippen LogP contribution in [0.15, 0.2) is 48.5 Å². The van der Waals surface area contributed by atoms with E-state index in [1.54, 1.807) is 27.4 Å². The highest BCUT2D eigenvalue weighted by molar-refractivity contribution is 5.99. The number of nitrogens with one attached hydrogen (secondary N) is 1. The van der Waals surface area contributed by atoms with E-state index in [0.29, 0.717) is 23.8 Å². The Morgan fingerprint density at radius 1 is 0.933 bits per heavy atom. The topological polar surface area (TPSA) is 60.0 Å². The first-order chi connectivity index (χ1) is 14.6. The molecule has 2 rings (SSSR count). The molecular weight excluding hydrogens is 380 g/mol. The Kier molecular flexibility index (Phi) is 9.22. The molecule has 0 spiro atoms. The van der Waals surface area contributed by atoms with Gasteiger partial charge >= 0.3 is 0 Å². The molecule has 0 unspecified atom stereocenters. The van der Waals surface area contributed by atoms with Crippen LogP contribution >= 0.6 is 0 Å². The first kappa shape index (κ1) is 23.3. The van der Waals surface area contributed by atoms with Gasteiger partial charge in [0, 0.05) is 19.2 Å². The molecule has 0 aliphatic rings. The Hall–Kier alpha value is -2.99. The Morgan fingerprint density at radius 2 is 1.53 bits per heavy atom. The number of carbonyl (C=O) groups excluding carboxylic acids is 1.